The van der Waals surface area contributed by atoms with Crippen molar-refractivity contribution in [1.82, 2.24) is 9.55 Å². The van der Waals surface area contributed by atoms with Gasteiger partial charge in [0.1, 0.15) is 4.83 Å². The van der Waals surface area contributed by atoms with Crippen LogP contribution >= 0.6 is 34.5 Å². The molecule has 4 aromatic rings. The second-order valence-corrected chi connectivity index (χ2v) is 9.28. The quantitative estimate of drug-likeness (QED) is 0.341. The fraction of sp³-hybridized carbons (Fsp3) is 0.174. The number of carbonyl (C=O) groups excluding carboxylic acids is 1. The van der Waals surface area contributed by atoms with E-state index in [4.69, 9.17) is 23.2 Å². The number of benzene rings is 2. The topological polar surface area (TPSA) is 52.0 Å². The van der Waals surface area contributed by atoms with Gasteiger partial charge in [-0.3, -0.25) is 14.2 Å². The van der Waals surface area contributed by atoms with Crippen molar-refractivity contribution in [3.63, 3.8) is 0 Å². The summed E-state index contributed by atoms with van der Waals surface area (Å²) in [5.41, 5.74) is 4.28. The van der Waals surface area contributed by atoms with Gasteiger partial charge in [0.2, 0.25) is 0 Å². The zero-order valence-electron chi connectivity index (χ0n) is 16.6. The average Bonchev–Trinajstić information content (AvgIpc) is 3.03. The van der Waals surface area contributed by atoms with Crippen molar-refractivity contribution in [2.24, 2.45) is 0 Å². The summed E-state index contributed by atoms with van der Waals surface area (Å²) >= 11 is 13.5. The number of hydrogen-bond donors (Lipinski definition) is 0. The van der Waals surface area contributed by atoms with Crippen LogP contribution < -0.4 is 5.56 Å². The van der Waals surface area contributed by atoms with Crippen molar-refractivity contribution >= 4 is 50.5 Å². The molecule has 0 saturated carbocycles. The van der Waals surface area contributed by atoms with Gasteiger partial charge in [0.15, 0.2) is 5.78 Å². The third-order valence-electron chi connectivity index (χ3n) is 5.20. The number of fused-ring (bicyclic) bond motifs is 1. The first-order chi connectivity index (χ1) is 14.3. The third kappa shape index (κ3) is 3.69. The fourth-order valence-corrected chi connectivity index (χ4v) is 4.97. The number of Topliss-reactive ketones (excluding diaryl/α,β-unsaturated/α-hetero) is 1. The van der Waals surface area contributed by atoms with Crippen molar-refractivity contribution in [1.29, 1.82) is 0 Å². The van der Waals surface area contributed by atoms with Crippen LogP contribution in [0.1, 0.15) is 26.4 Å². The molecule has 152 valence electrons. The molecule has 0 aliphatic rings. The lowest BCUT2D eigenvalue weighted by atomic mass is 9.99. The zero-order chi connectivity index (χ0) is 21.6. The Labute approximate surface area is 187 Å². The number of thiophene rings is 1. The van der Waals surface area contributed by atoms with Crippen LogP contribution in [0.3, 0.4) is 0 Å². The number of hydrogen-bond acceptors (Lipinski definition) is 4. The van der Waals surface area contributed by atoms with Crippen LogP contribution in [-0.2, 0) is 6.54 Å². The van der Waals surface area contributed by atoms with Crippen molar-refractivity contribution in [3.8, 4) is 11.1 Å². The standard InChI is InChI=1S/C23H18Cl2N2O2S/c1-12-4-5-15(8-13(12)2)20-14(3)30-22-21(20)23(29)27(11-26-22)10-19(28)17-7-6-16(24)9-18(17)25/h4-9,11H,10H2,1-3H3. The largest absolute Gasteiger partial charge is 0.292 e. The molecular weight excluding hydrogens is 439 g/mol. The summed E-state index contributed by atoms with van der Waals surface area (Å²) in [4.78, 5) is 32.2. The minimum Gasteiger partial charge on any atom is -0.292 e. The van der Waals surface area contributed by atoms with E-state index in [2.05, 4.69) is 24.0 Å². The van der Waals surface area contributed by atoms with Gasteiger partial charge in [0.05, 0.1) is 23.3 Å². The highest BCUT2D eigenvalue weighted by molar-refractivity contribution is 7.19. The third-order valence-corrected chi connectivity index (χ3v) is 6.76. The molecule has 4 rings (SSSR count). The van der Waals surface area contributed by atoms with Crippen molar-refractivity contribution in [2.45, 2.75) is 27.3 Å². The molecule has 0 N–H and O–H groups in total. The average molecular weight is 457 g/mol. The maximum Gasteiger partial charge on any atom is 0.263 e. The van der Waals surface area contributed by atoms with Crippen LogP contribution in [0.15, 0.2) is 47.5 Å². The van der Waals surface area contributed by atoms with Gasteiger partial charge < -0.3 is 0 Å². The summed E-state index contributed by atoms with van der Waals surface area (Å²) in [6, 6.07) is 10.8. The fourth-order valence-electron chi connectivity index (χ4n) is 3.45. The van der Waals surface area contributed by atoms with Crippen LogP contribution in [0.5, 0.6) is 0 Å². The summed E-state index contributed by atoms with van der Waals surface area (Å²) in [6.45, 7) is 5.94. The Morgan fingerprint density at radius 1 is 1.07 bits per heavy atom. The summed E-state index contributed by atoms with van der Waals surface area (Å²) in [7, 11) is 0. The van der Waals surface area contributed by atoms with E-state index in [1.54, 1.807) is 12.1 Å². The molecule has 2 aromatic heterocycles. The molecule has 30 heavy (non-hydrogen) atoms. The van der Waals surface area contributed by atoms with E-state index in [-0.39, 0.29) is 22.9 Å². The van der Waals surface area contributed by atoms with Gasteiger partial charge in [-0.2, -0.15) is 0 Å². The highest BCUT2D eigenvalue weighted by atomic mass is 35.5. The Balaban J connectivity index is 1.81. The van der Waals surface area contributed by atoms with Crippen LogP contribution in [0.25, 0.3) is 21.3 Å². The molecular formula is C23H18Cl2N2O2S. The van der Waals surface area contributed by atoms with Crippen LogP contribution in [0, 0.1) is 20.8 Å². The van der Waals surface area contributed by atoms with Gasteiger partial charge in [-0.05, 0) is 55.7 Å². The van der Waals surface area contributed by atoms with E-state index in [0.29, 0.717) is 20.8 Å². The first-order valence-electron chi connectivity index (χ1n) is 9.30. The number of aromatic nitrogens is 2. The first-order valence-corrected chi connectivity index (χ1v) is 10.9. The van der Waals surface area contributed by atoms with E-state index in [0.717, 1.165) is 21.6 Å². The van der Waals surface area contributed by atoms with Gasteiger partial charge >= 0.3 is 0 Å². The molecule has 0 aliphatic carbocycles. The van der Waals surface area contributed by atoms with Gasteiger partial charge in [0.25, 0.3) is 5.56 Å². The molecule has 2 heterocycles. The van der Waals surface area contributed by atoms with Crippen LogP contribution in [0.4, 0.5) is 0 Å². The molecule has 4 nitrogen and oxygen atoms in total. The van der Waals surface area contributed by atoms with Crippen LogP contribution in [-0.4, -0.2) is 15.3 Å². The van der Waals surface area contributed by atoms with Gasteiger partial charge in [-0.25, -0.2) is 4.98 Å². The van der Waals surface area contributed by atoms with Gasteiger partial charge in [-0.1, -0.05) is 41.4 Å². The van der Waals surface area contributed by atoms with Gasteiger partial charge in [0, 0.05) is 21.0 Å². The van der Waals surface area contributed by atoms with E-state index >= 15 is 0 Å². The molecule has 0 bridgehead atoms. The van der Waals surface area contributed by atoms with E-state index < -0.39 is 0 Å². The lowest BCUT2D eigenvalue weighted by Crippen LogP contribution is -2.24. The lowest BCUT2D eigenvalue weighted by molar-refractivity contribution is 0.0971. The Kier molecular flexibility index (Phi) is 5.53. The number of nitrogens with zero attached hydrogens (tertiary/aromatic N) is 2. The van der Waals surface area contributed by atoms with E-state index in [9.17, 15) is 9.59 Å². The smallest absolute Gasteiger partial charge is 0.263 e. The SMILES string of the molecule is Cc1ccc(-c2c(C)sc3ncn(CC(=O)c4ccc(Cl)cc4Cl)c(=O)c23)cc1C. The summed E-state index contributed by atoms with van der Waals surface area (Å²) in [5, 5.41) is 1.25. The highest BCUT2D eigenvalue weighted by Crippen LogP contribution is 2.36. The molecule has 0 aliphatic heterocycles. The minimum absolute atomic E-state index is 0.148. The molecule has 0 fully saturated rings. The number of ketones is 1. The molecule has 0 amide bonds. The number of carbonyl (C=O) groups is 1. The second kappa shape index (κ2) is 7.99. The lowest BCUT2D eigenvalue weighted by Gasteiger charge is -2.08. The van der Waals surface area contributed by atoms with Crippen LogP contribution in [0.2, 0.25) is 10.0 Å². The molecule has 0 saturated heterocycles. The molecule has 0 unspecified atom stereocenters. The Morgan fingerprint density at radius 2 is 1.83 bits per heavy atom. The predicted octanol–water partition coefficient (Wildman–Crippen LogP) is 6.24. The Hall–Kier alpha value is -2.47. The summed E-state index contributed by atoms with van der Waals surface area (Å²) in [5.74, 6) is -0.278. The molecule has 0 atom stereocenters. The maximum atomic E-state index is 13.3. The Bertz CT molecular complexity index is 1370. The molecule has 7 heteroatoms. The second-order valence-electron chi connectivity index (χ2n) is 7.24. The number of halogens is 2. The number of aryl methyl sites for hydroxylation is 3. The van der Waals surface area contributed by atoms with Crippen molar-refractivity contribution < 1.29 is 4.79 Å². The maximum absolute atomic E-state index is 13.3. The first kappa shape index (κ1) is 20.8. The Morgan fingerprint density at radius 3 is 2.53 bits per heavy atom. The van der Waals surface area contributed by atoms with Crippen molar-refractivity contribution in [3.05, 3.63) is 84.7 Å². The van der Waals surface area contributed by atoms with E-state index in [1.807, 2.05) is 19.9 Å². The molecule has 0 spiro atoms. The zero-order valence-corrected chi connectivity index (χ0v) is 19.0. The normalized spacial score (nSPS) is 11.2. The summed E-state index contributed by atoms with van der Waals surface area (Å²) in [6.07, 6.45) is 1.42. The van der Waals surface area contributed by atoms with Gasteiger partial charge in [-0.15, -0.1) is 11.3 Å². The minimum atomic E-state index is -0.278. The monoisotopic (exact) mass is 456 g/mol. The molecule has 0 radical (unpaired) electrons. The van der Waals surface area contributed by atoms with E-state index in [1.165, 1.54) is 33.9 Å². The predicted molar refractivity (Wildman–Crippen MR) is 124 cm³/mol. The summed E-state index contributed by atoms with van der Waals surface area (Å²) < 4.78 is 1.34. The number of rotatable bonds is 4. The highest BCUT2D eigenvalue weighted by Gasteiger charge is 2.19. The van der Waals surface area contributed by atoms with Crippen molar-refractivity contribution in [2.75, 3.05) is 0 Å². The molecule has 2 aromatic carbocycles.